The molecular formula is C26H24N2O3. The molecule has 4 rings (SSSR count). The lowest BCUT2D eigenvalue weighted by atomic mass is 9.94. The zero-order valence-electron chi connectivity index (χ0n) is 17.6. The minimum atomic E-state index is -0.675. The normalized spacial score (nSPS) is 17.9. The molecule has 0 saturated carbocycles. The summed E-state index contributed by atoms with van der Waals surface area (Å²) in [4.78, 5) is 31.8. The Morgan fingerprint density at radius 1 is 1.03 bits per heavy atom. The number of aryl methyl sites for hydroxylation is 2. The lowest BCUT2D eigenvalue weighted by Gasteiger charge is -2.25. The second kappa shape index (κ2) is 8.56. The number of Topliss-reactive ketones (excluding diaryl/α,β-unsaturated/α-hetero) is 1. The van der Waals surface area contributed by atoms with Gasteiger partial charge < -0.3 is 10.0 Å². The summed E-state index contributed by atoms with van der Waals surface area (Å²) in [6, 6.07) is 18.1. The topological polar surface area (TPSA) is 70.5 Å². The summed E-state index contributed by atoms with van der Waals surface area (Å²) in [6.45, 7) is 4.24. The van der Waals surface area contributed by atoms with Gasteiger partial charge in [0.15, 0.2) is 0 Å². The van der Waals surface area contributed by atoms with Gasteiger partial charge in [-0.05, 0) is 36.1 Å². The number of carbonyl (C=O) groups is 2. The number of hydrogen-bond acceptors (Lipinski definition) is 4. The highest BCUT2D eigenvalue weighted by molar-refractivity contribution is 6.46. The van der Waals surface area contributed by atoms with Crippen LogP contribution in [0.1, 0.15) is 40.8 Å². The van der Waals surface area contributed by atoms with E-state index in [1.807, 2.05) is 49.4 Å². The van der Waals surface area contributed by atoms with Gasteiger partial charge in [-0.15, -0.1) is 0 Å². The molecule has 0 spiro atoms. The number of aromatic nitrogens is 1. The first-order valence-corrected chi connectivity index (χ1v) is 10.3. The summed E-state index contributed by atoms with van der Waals surface area (Å²) < 4.78 is 0. The number of benzene rings is 2. The van der Waals surface area contributed by atoms with Gasteiger partial charge in [0.2, 0.25) is 0 Å². The summed E-state index contributed by atoms with van der Waals surface area (Å²) in [5, 5.41) is 11.1. The van der Waals surface area contributed by atoms with Crippen LogP contribution in [0.5, 0.6) is 0 Å². The van der Waals surface area contributed by atoms with Gasteiger partial charge in [-0.25, -0.2) is 0 Å². The third-order valence-corrected chi connectivity index (χ3v) is 5.61. The second-order valence-corrected chi connectivity index (χ2v) is 7.75. The van der Waals surface area contributed by atoms with E-state index in [0.29, 0.717) is 5.56 Å². The predicted molar refractivity (Wildman–Crippen MR) is 119 cm³/mol. The van der Waals surface area contributed by atoms with E-state index in [4.69, 9.17) is 0 Å². The van der Waals surface area contributed by atoms with Crippen LogP contribution in [0.3, 0.4) is 0 Å². The van der Waals surface area contributed by atoms with Crippen molar-refractivity contribution >= 4 is 17.4 Å². The van der Waals surface area contributed by atoms with Crippen LogP contribution < -0.4 is 0 Å². The smallest absolute Gasteiger partial charge is 0.295 e. The van der Waals surface area contributed by atoms with Crippen molar-refractivity contribution in [3.8, 4) is 0 Å². The highest BCUT2D eigenvalue weighted by atomic mass is 16.3. The Hall–Kier alpha value is -3.73. The standard InChI is InChI=1S/C26H24N2O3/c1-3-18-9-11-20(12-10-18)24(29)22-23(21-8-4-6-17(2)14-21)28(26(31)25(22)30)16-19-7-5-13-27-15-19/h4-15,23,29H,3,16H2,1-2H3/b24-22-. The van der Waals surface area contributed by atoms with Crippen LogP contribution in [0, 0.1) is 6.92 Å². The van der Waals surface area contributed by atoms with Crippen LogP contribution >= 0.6 is 0 Å². The maximum atomic E-state index is 13.1. The lowest BCUT2D eigenvalue weighted by Crippen LogP contribution is -2.29. The minimum absolute atomic E-state index is 0.115. The molecule has 2 heterocycles. The third-order valence-electron chi connectivity index (χ3n) is 5.61. The van der Waals surface area contributed by atoms with E-state index in [1.165, 1.54) is 4.90 Å². The third kappa shape index (κ3) is 3.99. The first kappa shape index (κ1) is 20.5. The molecule has 156 valence electrons. The fraction of sp³-hybridized carbons (Fsp3) is 0.192. The van der Waals surface area contributed by atoms with E-state index in [1.54, 1.807) is 30.6 Å². The number of pyridine rings is 1. The van der Waals surface area contributed by atoms with Crippen molar-refractivity contribution in [3.05, 3.63) is 106 Å². The van der Waals surface area contributed by atoms with Crippen molar-refractivity contribution in [1.29, 1.82) is 0 Å². The summed E-state index contributed by atoms with van der Waals surface area (Å²) in [5.41, 5.74) is 4.38. The van der Waals surface area contributed by atoms with E-state index in [9.17, 15) is 14.7 Å². The molecule has 0 bridgehead atoms. The molecule has 1 N–H and O–H groups in total. The van der Waals surface area contributed by atoms with Crippen molar-refractivity contribution in [2.75, 3.05) is 0 Å². The molecule has 1 aliphatic heterocycles. The van der Waals surface area contributed by atoms with E-state index in [0.717, 1.165) is 28.7 Å². The van der Waals surface area contributed by atoms with E-state index in [-0.39, 0.29) is 17.9 Å². The molecule has 1 amide bonds. The summed E-state index contributed by atoms with van der Waals surface area (Å²) in [6.07, 6.45) is 4.21. The van der Waals surface area contributed by atoms with Crippen LogP contribution in [-0.2, 0) is 22.6 Å². The van der Waals surface area contributed by atoms with E-state index < -0.39 is 17.7 Å². The van der Waals surface area contributed by atoms with Gasteiger partial charge >= 0.3 is 0 Å². The van der Waals surface area contributed by atoms with Crippen LogP contribution in [0.4, 0.5) is 0 Å². The van der Waals surface area contributed by atoms with Crippen molar-refractivity contribution in [3.63, 3.8) is 0 Å². The highest BCUT2D eigenvalue weighted by Gasteiger charge is 2.46. The lowest BCUT2D eigenvalue weighted by molar-refractivity contribution is -0.140. The van der Waals surface area contributed by atoms with Crippen molar-refractivity contribution < 1.29 is 14.7 Å². The monoisotopic (exact) mass is 412 g/mol. The molecule has 31 heavy (non-hydrogen) atoms. The summed E-state index contributed by atoms with van der Waals surface area (Å²) in [7, 11) is 0. The van der Waals surface area contributed by atoms with E-state index >= 15 is 0 Å². The number of hydrogen-bond donors (Lipinski definition) is 1. The second-order valence-electron chi connectivity index (χ2n) is 7.75. The van der Waals surface area contributed by atoms with Crippen molar-refractivity contribution in [1.82, 2.24) is 9.88 Å². The molecule has 5 nitrogen and oxygen atoms in total. The van der Waals surface area contributed by atoms with Crippen LogP contribution in [0.15, 0.2) is 78.6 Å². The Morgan fingerprint density at radius 2 is 1.81 bits per heavy atom. The molecule has 1 saturated heterocycles. The minimum Gasteiger partial charge on any atom is -0.507 e. The quantitative estimate of drug-likeness (QED) is 0.378. The van der Waals surface area contributed by atoms with Gasteiger partial charge in [0.1, 0.15) is 5.76 Å². The zero-order valence-corrected chi connectivity index (χ0v) is 17.6. The molecule has 1 aromatic heterocycles. The summed E-state index contributed by atoms with van der Waals surface area (Å²) in [5.74, 6) is -1.45. The molecule has 1 aliphatic rings. The molecular weight excluding hydrogens is 388 g/mol. The number of amides is 1. The number of likely N-dealkylation sites (tertiary alicyclic amines) is 1. The van der Waals surface area contributed by atoms with Crippen molar-refractivity contribution in [2.45, 2.75) is 32.9 Å². The Balaban J connectivity index is 1.85. The van der Waals surface area contributed by atoms with Crippen LogP contribution in [0.2, 0.25) is 0 Å². The first-order chi connectivity index (χ1) is 15.0. The molecule has 2 aromatic carbocycles. The molecule has 0 aliphatic carbocycles. The van der Waals surface area contributed by atoms with Gasteiger partial charge in [-0.2, -0.15) is 0 Å². The first-order valence-electron chi connectivity index (χ1n) is 10.3. The average Bonchev–Trinajstić information content (AvgIpc) is 3.04. The number of rotatable bonds is 5. The SMILES string of the molecule is CCc1ccc(/C(O)=C2/C(=O)C(=O)N(Cc3cccnc3)C2c2cccc(C)c2)cc1. The van der Waals surface area contributed by atoms with Gasteiger partial charge in [-0.1, -0.05) is 67.1 Å². The Kier molecular flexibility index (Phi) is 5.67. The van der Waals surface area contributed by atoms with Crippen molar-refractivity contribution in [2.24, 2.45) is 0 Å². The maximum absolute atomic E-state index is 13.1. The molecule has 3 aromatic rings. The number of aliphatic hydroxyl groups is 1. The average molecular weight is 412 g/mol. The zero-order chi connectivity index (χ0) is 22.0. The molecule has 1 fully saturated rings. The molecule has 0 radical (unpaired) electrons. The maximum Gasteiger partial charge on any atom is 0.295 e. The number of aliphatic hydroxyl groups excluding tert-OH is 1. The Morgan fingerprint density at radius 3 is 2.45 bits per heavy atom. The van der Waals surface area contributed by atoms with Crippen LogP contribution in [-0.4, -0.2) is 26.7 Å². The predicted octanol–water partition coefficient (Wildman–Crippen LogP) is 4.57. The highest BCUT2D eigenvalue weighted by Crippen LogP contribution is 2.40. The molecule has 5 heteroatoms. The fourth-order valence-electron chi connectivity index (χ4n) is 3.97. The van der Waals surface area contributed by atoms with Gasteiger partial charge in [0.25, 0.3) is 11.7 Å². The molecule has 1 atom stereocenters. The number of nitrogens with zero attached hydrogens (tertiary/aromatic N) is 2. The van der Waals surface area contributed by atoms with Gasteiger partial charge in [-0.3, -0.25) is 14.6 Å². The van der Waals surface area contributed by atoms with E-state index in [2.05, 4.69) is 11.9 Å². The Bertz CT molecular complexity index is 1150. The van der Waals surface area contributed by atoms with Gasteiger partial charge in [0.05, 0.1) is 11.6 Å². The molecule has 1 unspecified atom stereocenters. The number of carbonyl (C=O) groups excluding carboxylic acids is 2. The Labute approximate surface area is 181 Å². The summed E-state index contributed by atoms with van der Waals surface area (Å²) >= 11 is 0. The number of ketones is 1. The largest absolute Gasteiger partial charge is 0.507 e. The van der Waals surface area contributed by atoms with Crippen LogP contribution in [0.25, 0.3) is 5.76 Å². The fourth-order valence-corrected chi connectivity index (χ4v) is 3.97. The van der Waals surface area contributed by atoms with Gasteiger partial charge in [0, 0.05) is 24.5 Å².